The highest BCUT2D eigenvalue weighted by Crippen LogP contribution is 2.25. The second-order valence-corrected chi connectivity index (χ2v) is 4.38. The van der Waals surface area contributed by atoms with Crippen LogP contribution in [0.25, 0.3) is 0 Å². The van der Waals surface area contributed by atoms with Gasteiger partial charge in [-0.05, 0) is 12.1 Å². The minimum absolute atomic E-state index is 0.0249. The number of nitrogens with two attached hydrogens (primary N) is 2. The van der Waals surface area contributed by atoms with E-state index in [0.29, 0.717) is 11.5 Å². The topological polar surface area (TPSA) is 135 Å². The van der Waals surface area contributed by atoms with Crippen molar-refractivity contribution in [2.45, 2.75) is 13.0 Å². The number of nitrogen functional groups attached to an aromatic ring is 2. The Morgan fingerprint density at radius 2 is 1.74 bits per heavy atom. The molecule has 0 radical (unpaired) electrons. The molecule has 0 saturated heterocycles. The number of para-hydroxylation sites is 2. The fraction of sp³-hybridized carbons (Fsp3) is 0.286. The van der Waals surface area contributed by atoms with Crippen molar-refractivity contribution in [1.82, 2.24) is 15.0 Å². The fourth-order valence-corrected chi connectivity index (χ4v) is 1.72. The van der Waals surface area contributed by atoms with E-state index in [1.807, 2.05) is 12.1 Å². The smallest absolute Gasteiger partial charge is 0.309 e. The van der Waals surface area contributed by atoms with Crippen LogP contribution in [-0.4, -0.2) is 34.6 Å². The summed E-state index contributed by atoms with van der Waals surface area (Å²) in [6.45, 7) is 0.0189. The molecule has 1 heterocycles. The first-order valence-corrected chi connectivity index (χ1v) is 6.76. The van der Waals surface area contributed by atoms with Gasteiger partial charge in [-0.25, -0.2) is 0 Å². The Balaban J connectivity index is 1.77. The fourth-order valence-electron chi connectivity index (χ4n) is 1.72. The molecule has 1 aromatic carbocycles. The van der Waals surface area contributed by atoms with Gasteiger partial charge in [-0.1, -0.05) is 12.1 Å². The van der Waals surface area contributed by atoms with E-state index in [1.54, 1.807) is 19.2 Å². The Kier molecular flexibility index (Phi) is 5.50. The molecule has 0 fully saturated rings. The lowest BCUT2D eigenvalue weighted by molar-refractivity contribution is -0.145. The number of aromatic nitrogens is 3. The average Bonchev–Trinajstić information content (AvgIpc) is 2.52. The number of benzene rings is 1. The number of hydrogen-bond acceptors (Lipinski definition) is 9. The Morgan fingerprint density at radius 1 is 1.09 bits per heavy atom. The molecule has 0 aliphatic carbocycles. The van der Waals surface area contributed by atoms with E-state index in [4.69, 9.17) is 25.7 Å². The third-order valence-electron chi connectivity index (χ3n) is 2.71. The van der Waals surface area contributed by atoms with Crippen molar-refractivity contribution in [3.63, 3.8) is 0 Å². The molecule has 0 unspecified atom stereocenters. The molecule has 0 aliphatic rings. The van der Waals surface area contributed by atoms with Crippen LogP contribution in [0.3, 0.4) is 0 Å². The van der Waals surface area contributed by atoms with Gasteiger partial charge in [0.05, 0.1) is 20.1 Å². The van der Waals surface area contributed by atoms with E-state index < -0.39 is 5.97 Å². The van der Waals surface area contributed by atoms with Gasteiger partial charge >= 0.3 is 5.97 Å². The molecule has 0 spiro atoms. The Hall–Kier alpha value is -3.10. The Morgan fingerprint density at radius 3 is 2.39 bits per heavy atom. The molecule has 9 nitrogen and oxygen atoms in total. The van der Waals surface area contributed by atoms with E-state index in [1.165, 1.54) is 0 Å². The summed E-state index contributed by atoms with van der Waals surface area (Å²) in [5, 5.41) is 0. The molecule has 0 bridgehead atoms. The first-order valence-electron chi connectivity index (χ1n) is 6.76. The van der Waals surface area contributed by atoms with Crippen LogP contribution in [0.1, 0.15) is 12.2 Å². The number of methoxy groups -OCH3 is 1. The van der Waals surface area contributed by atoms with Crippen LogP contribution in [0.2, 0.25) is 0 Å². The summed E-state index contributed by atoms with van der Waals surface area (Å²) in [5.74, 6) is 0.829. The normalized spacial score (nSPS) is 10.1. The third kappa shape index (κ3) is 4.99. The lowest BCUT2D eigenvalue weighted by Crippen LogP contribution is -2.13. The molecule has 2 aromatic rings. The van der Waals surface area contributed by atoms with Gasteiger partial charge in [0.25, 0.3) is 0 Å². The maximum atomic E-state index is 11.7. The molecule has 23 heavy (non-hydrogen) atoms. The van der Waals surface area contributed by atoms with Gasteiger partial charge in [-0.15, -0.1) is 0 Å². The minimum atomic E-state index is -0.461. The van der Waals surface area contributed by atoms with Crippen LogP contribution in [0.15, 0.2) is 24.3 Å². The molecule has 4 N–H and O–H groups in total. The van der Waals surface area contributed by atoms with Crippen molar-refractivity contribution >= 4 is 17.9 Å². The summed E-state index contributed by atoms with van der Waals surface area (Å²) >= 11 is 0. The number of carbonyl (C=O) groups excluding carboxylic acids is 1. The number of ether oxygens (including phenoxy) is 3. The average molecular weight is 319 g/mol. The first-order chi connectivity index (χ1) is 11.1. The van der Waals surface area contributed by atoms with Gasteiger partial charge in [-0.2, -0.15) is 15.0 Å². The maximum absolute atomic E-state index is 11.7. The molecule has 0 saturated carbocycles. The van der Waals surface area contributed by atoms with Gasteiger partial charge in [0.2, 0.25) is 11.9 Å². The van der Waals surface area contributed by atoms with E-state index >= 15 is 0 Å². The maximum Gasteiger partial charge on any atom is 0.309 e. The summed E-state index contributed by atoms with van der Waals surface area (Å²) in [6.07, 6.45) is 0.0636. The molecular formula is C14H17N5O4. The molecule has 0 aliphatic heterocycles. The lowest BCUT2D eigenvalue weighted by Gasteiger charge is -2.10. The minimum Gasteiger partial charge on any atom is -0.493 e. The summed E-state index contributed by atoms with van der Waals surface area (Å²) in [4.78, 5) is 22.9. The molecule has 0 amide bonds. The van der Waals surface area contributed by atoms with Crippen LogP contribution in [0.4, 0.5) is 11.9 Å². The van der Waals surface area contributed by atoms with E-state index in [0.717, 1.165) is 0 Å². The summed E-state index contributed by atoms with van der Waals surface area (Å²) in [5.41, 5.74) is 10.8. The van der Waals surface area contributed by atoms with Crippen molar-refractivity contribution in [1.29, 1.82) is 0 Å². The molecule has 122 valence electrons. The predicted octanol–water partition coefficient (Wildman–Crippen LogP) is 0.557. The second-order valence-electron chi connectivity index (χ2n) is 4.38. The van der Waals surface area contributed by atoms with Gasteiger partial charge < -0.3 is 25.7 Å². The number of hydrogen-bond donors (Lipinski definition) is 2. The zero-order chi connectivity index (χ0) is 16.7. The lowest BCUT2D eigenvalue weighted by atomic mass is 10.3. The Labute approximate surface area is 132 Å². The number of carbonyl (C=O) groups is 1. The Bertz CT molecular complexity index is 660. The van der Waals surface area contributed by atoms with Crippen LogP contribution < -0.4 is 20.9 Å². The number of esters is 1. The van der Waals surface area contributed by atoms with Gasteiger partial charge in [0, 0.05) is 0 Å². The van der Waals surface area contributed by atoms with Crippen LogP contribution in [0.5, 0.6) is 11.5 Å². The van der Waals surface area contributed by atoms with Crippen molar-refractivity contribution in [3.05, 3.63) is 30.1 Å². The summed E-state index contributed by atoms with van der Waals surface area (Å²) in [7, 11) is 1.54. The third-order valence-corrected chi connectivity index (χ3v) is 2.71. The second kappa shape index (κ2) is 7.78. The molecule has 0 atom stereocenters. The molecular weight excluding hydrogens is 302 g/mol. The van der Waals surface area contributed by atoms with E-state index in [9.17, 15) is 4.79 Å². The zero-order valence-corrected chi connectivity index (χ0v) is 12.6. The molecule has 2 rings (SSSR count). The number of nitrogens with zero attached hydrogens (tertiary/aromatic N) is 3. The van der Waals surface area contributed by atoms with Gasteiger partial charge in [0.1, 0.15) is 0 Å². The highest BCUT2D eigenvalue weighted by molar-refractivity contribution is 5.69. The van der Waals surface area contributed by atoms with Crippen LogP contribution in [0, 0.1) is 0 Å². The van der Waals surface area contributed by atoms with Crippen molar-refractivity contribution in [3.8, 4) is 11.5 Å². The highest BCUT2D eigenvalue weighted by atomic mass is 16.5. The molecule has 9 heteroatoms. The highest BCUT2D eigenvalue weighted by Gasteiger charge is 2.09. The van der Waals surface area contributed by atoms with E-state index in [-0.39, 0.29) is 37.4 Å². The standard InChI is InChI=1S/C14H17N5O4/c1-21-9-4-2-3-5-10(9)22-7-6-12(20)23-8-11-17-13(15)19-14(16)18-11/h2-5H,6-8H2,1H3,(H4,15,16,17,18,19). The predicted molar refractivity (Wildman–Crippen MR) is 81.6 cm³/mol. The molecule has 1 aromatic heterocycles. The largest absolute Gasteiger partial charge is 0.493 e. The summed E-state index contributed by atoms with van der Waals surface area (Å²) < 4.78 is 15.6. The van der Waals surface area contributed by atoms with Crippen molar-refractivity contribution in [2.24, 2.45) is 0 Å². The van der Waals surface area contributed by atoms with Crippen molar-refractivity contribution in [2.75, 3.05) is 25.2 Å². The van der Waals surface area contributed by atoms with E-state index in [2.05, 4.69) is 15.0 Å². The monoisotopic (exact) mass is 319 g/mol. The summed E-state index contributed by atoms with van der Waals surface area (Å²) in [6, 6.07) is 7.15. The van der Waals surface area contributed by atoms with Crippen molar-refractivity contribution < 1.29 is 19.0 Å². The quantitative estimate of drug-likeness (QED) is 0.701. The SMILES string of the molecule is COc1ccccc1OCCC(=O)OCc1nc(N)nc(N)n1. The first kappa shape index (κ1) is 16.3. The van der Waals surface area contributed by atoms with Crippen LogP contribution >= 0.6 is 0 Å². The van der Waals surface area contributed by atoms with Gasteiger partial charge in [0.15, 0.2) is 23.9 Å². The van der Waals surface area contributed by atoms with Gasteiger partial charge in [-0.3, -0.25) is 4.79 Å². The number of anilines is 2. The number of rotatable bonds is 7. The van der Waals surface area contributed by atoms with Crippen LogP contribution in [-0.2, 0) is 16.1 Å². The zero-order valence-electron chi connectivity index (χ0n) is 12.6.